The second kappa shape index (κ2) is 3.69. The molecule has 0 radical (unpaired) electrons. The number of aliphatic carboxylic acids is 1. The Morgan fingerprint density at radius 1 is 1.64 bits per heavy atom. The lowest BCUT2D eigenvalue weighted by Crippen LogP contribution is -2.54. The molecular formula is C7H16N2O2. The third-order valence-corrected chi connectivity index (χ3v) is 1.71. The Morgan fingerprint density at radius 3 is 2.36 bits per heavy atom. The van der Waals surface area contributed by atoms with Gasteiger partial charge in [0.2, 0.25) is 0 Å². The highest BCUT2D eigenvalue weighted by Gasteiger charge is 2.31. The normalized spacial score (nSPS) is 12.1. The number of nitrogens with zero attached hydrogens (tertiary/aromatic N) is 1. The molecule has 0 fully saturated rings. The monoisotopic (exact) mass is 160 g/mol. The molecule has 0 saturated carbocycles. The van der Waals surface area contributed by atoms with Crippen molar-refractivity contribution in [3.05, 3.63) is 0 Å². The zero-order valence-electron chi connectivity index (χ0n) is 7.29. The van der Waals surface area contributed by atoms with Gasteiger partial charge in [-0.3, -0.25) is 10.6 Å². The topological polar surface area (TPSA) is 66.6 Å². The van der Waals surface area contributed by atoms with Crippen molar-refractivity contribution in [2.45, 2.75) is 32.7 Å². The van der Waals surface area contributed by atoms with Crippen LogP contribution in [0.5, 0.6) is 0 Å². The van der Waals surface area contributed by atoms with Gasteiger partial charge >= 0.3 is 5.97 Å². The van der Waals surface area contributed by atoms with Crippen molar-refractivity contribution in [2.75, 3.05) is 6.54 Å². The lowest BCUT2D eigenvalue weighted by molar-refractivity contribution is -0.149. The van der Waals surface area contributed by atoms with E-state index in [4.69, 9.17) is 10.9 Å². The summed E-state index contributed by atoms with van der Waals surface area (Å²) in [6.45, 7) is 5.73. The Bertz CT molecular complexity index is 145. The minimum absolute atomic E-state index is 0.597. The summed E-state index contributed by atoms with van der Waals surface area (Å²) in [5.41, 5.74) is -0.962. The van der Waals surface area contributed by atoms with Gasteiger partial charge in [0, 0.05) is 6.54 Å². The highest BCUT2D eigenvalue weighted by molar-refractivity contribution is 5.77. The molecule has 0 bridgehead atoms. The van der Waals surface area contributed by atoms with Gasteiger partial charge in [-0.2, -0.15) is 0 Å². The van der Waals surface area contributed by atoms with Gasteiger partial charge in [0.25, 0.3) is 0 Å². The number of carbonyl (C=O) groups is 1. The van der Waals surface area contributed by atoms with E-state index in [0.29, 0.717) is 6.54 Å². The number of hydrazine groups is 1. The van der Waals surface area contributed by atoms with E-state index in [9.17, 15) is 4.79 Å². The molecule has 0 rings (SSSR count). The van der Waals surface area contributed by atoms with E-state index in [1.807, 2.05) is 6.92 Å². The van der Waals surface area contributed by atoms with Crippen LogP contribution >= 0.6 is 0 Å². The number of hydrogen-bond donors (Lipinski definition) is 2. The van der Waals surface area contributed by atoms with Gasteiger partial charge in [0.1, 0.15) is 5.54 Å². The Labute approximate surface area is 67.0 Å². The molecule has 4 nitrogen and oxygen atoms in total. The second-order valence-electron chi connectivity index (χ2n) is 3.06. The quantitative estimate of drug-likeness (QED) is 0.462. The Kier molecular flexibility index (Phi) is 3.48. The van der Waals surface area contributed by atoms with E-state index in [2.05, 4.69) is 0 Å². The predicted molar refractivity (Wildman–Crippen MR) is 42.9 cm³/mol. The number of nitrogens with two attached hydrogens (primary N) is 1. The van der Waals surface area contributed by atoms with E-state index in [-0.39, 0.29) is 0 Å². The first-order valence-corrected chi connectivity index (χ1v) is 3.68. The van der Waals surface area contributed by atoms with Gasteiger partial charge in [-0.25, -0.2) is 5.01 Å². The molecule has 0 spiro atoms. The zero-order valence-corrected chi connectivity index (χ0v) is 7.29. The van der Waals surface area contributed by atoms with E-state index in [0.717, 1.165) is 6.42 Å². The summed E-state index contributed by atoms with van der Waals surface area (Å²) in [5, 5.41) is 10.1. The maximum Gasteiger partial charge on any atom is 0.324 e. The summed E-state index contributed by atoms with van der Waals surface area (Å²) in [6, 6.07) is 0. The number of rotatable bonds is 4. The highest BCUT2D eigenvalue weighted by Crippen LogP contribution is 2.09. The molecule has 0 aromatic carbocycles. The van der Waals surface area contributed by atoms with Crippen LogP contribution in [0.25, 0.3) is 0 Å². The van der Waals surface area contributed by atoms with Crippen LogP contribution in [0.3, 0.4) is 0 Å². The summed E-state index contributed by atoms with van der Waals surface area (Å²) in [4.78, 5) is 10.6. The van der Waals surface area contributed by atoms with Crippen molar-refractivity contribution in [1.82, 2.24) is 5.01 Å². The molecule has 0 aliphatic heterocycles. The molecule has 0 aliphatic rings. The second-order valence-corrected chi connectivity index (χ2v) is 3.06. The third kappa shape index (κ3) is 2.48. The van der Waals surface area contributed by atoms with Gasteiger partial charge in [0.15, 0.2) is 0 Å². The molecule has 0 aliphatic carbocycles. The van der Waals surface area contributed by atoms with Crippen LogP contribution in [-0.2, 0) is 4.79 Å². The molecular weight excluding hydrogens is 144 g/mol. The summed E-state index contributed by atoms with van der Waals surface area (Å²) in [7, 11) is 0. The Morgan fingerprint density at radius 2 is 2.09 bits per heavy atom. The lowest BCUT2D eigenvalue weighted by Gasteiger charge is -2.30. The molecule has 0 amide bonds. The minimum atomic E-state index is -0.962. The fourth-order valence-corrected chi connectivity index (χ4v) is 0.643. The zero-order chi connectivity index (χ0) is 9.07. The molecule has 0 aromatic heterocycles. The summed E-state index contributed by atoms with van der Waals surface area (Å²) in [5.74, 6) is 4.62. The van der Waals surface area contributed by atoms with Crippen molar-refractivity contribution in [2.24, 2.45) is 5.84 Å². The molecule has 4 heteroatoms. The standard InChI is InChI=1S/C7H16N2O2/c1-4-5-9(8)7(2,3)6(10)11/h4-5,8H2,1-3H3,(H,10,11). The Balaban J connectivity index is 4.17. The van der Waals surface area contributed by atoms with E-state index >= 15 is 0 Å². The fourth-order valence-electron chi connectivity index (χ4n) is 0.643. The van der Waals surface area contributed by atoms with Crippen LogP contribution in [0.2, 0.25) is 0 Å². The first-order chi connectivity index (χ1) is 4.92. The average Bonchev–Trinajstić information content (AvgIpc) is 1.88. The van der Waals surface area contributed by atoms with Crippen molar-refractivity contribution >= 4 is 5.97 Å². The molecule has 66 valence electrons. The maximum absolute atomic E-state index is 10.6. The van der Waals surface area contributed by atoms with Crippen LogP contribution < -0.4 is 5.84 Å². The first kappa shape index (κ1) is 10.4. The van der Waals surface area contributed by atoms with Crippen LogP contribution in [-0.4, -0.2) is 28.2 Å². The lowest BCUT2D eigenvalue weighted by atomic mass is 10.1. The largest absolute Gasteiger partial charge is 0.480 e. The van der Waals surface area contributed by atoms with Crippen LogP contribution in [0.15, 0.2) is 0 Å². The summed E-state index contributed by atoms with van der Waals surface area (Å²) < 4.78 is 0. The van der Waals surface area contributed by atoms with Crippen LogP contribution in [0.1, 0.15) is 27.2 Å². The Hall–Kier alpha value is -0.610. The van der Waals surface area contributed by atoms with Gasteiger partial charge in [-0.15, -0.1) is 0 Å². The fraction of sp³-hybridized carbons (Fsp3) is 0.857. The van der Waals surface area contributed by atoms with Gasteiger partial charge in [-0.1, -0.05) is 6.92 Å². The smallest absolute Gasteiger partial charge is 0.324 e. The molecule has 0 saturated heterocycles. The highest BCUT2D eigenvalue weighted by atomic mass is 16.4. The molecule has 0 heterocycles. The van der Waals surface area contributed by atoms with Crippen molar-refractivity contribution in [3.8, 4) is 0 Å². The minimum Gasteiger partial charge on any atom is -0.480 e. The molecule has 11 heavy (non-hydrogen) atoms. The van der Waals surface area contributed by atoms with Gasteiger partial charge < -0.3 is 5.11 Å². The van der Waals surface area contributed by atoms with Crippen molar-refractivity contribution in [3.63, 3.8) is 0 Å². The third-order valence-electron chi connectivity index (χ3n) is 1.71. The SMILES string of the molecule is CCCN(N)C(C)(C)C(=O)O. The van der Waals surface area contributed by atoms with Crippen molar-refractivity contribution in [1.29, 1.82) is 0 Å². The van der Waals surface area contributed by atoms with Gasteiger partial charge in [0.05, 0.1) is 0 Å². The number of carboxylic acid groups (broad SMARTS) is 1. The number of hydrogen-bond acceptors (Lipinski definition) is 3. The van der Waals surface area contributed by atoms with E-state index in [1.54, 1.807) is 13.8 Å². The van der Waals surface area contributed by atoms with Crippen LogP contribution in [0.4, 0.5) is 0 Å². The van der Waals surface area contributed by atoms with Gasteiger partial charge in [-0.05, 0) is 20.3 Å². The molecule has 3 N–H and O–H groups in total. The predicted octanol–water partition coefficient (Wildman–Crippen LogP) is 0.435. The molecule has 0 aromatic rings. The van der Waals surface area contributed by atoms with E-state index in [1.165, 1.54) is 5.01 Å². The maximum atomic E-state index is 10.6. The van der Waals surface area contributed by atoms with Crippen molar-refractivity contribution < 1.29 is 9.90 Å². The summed E-state index contributed by atoms with van der Waals surface area (Å²) in [6.07, 6.45) is 0.854. The summed E-state index contributed by atoms with van der Waals surface area (Å²) >= 11 is 0. The first-order valence-electron chi connectivity index (χ1n) is 3.68. The van der Waals surface area contributed by atoms with E-state index < -0.39 is 11.5 Å². The number of carboxylic acids is 1. The average molecular weight is 160 g/mol. The molecule has 0 unspecified atom stereocenters. The molecule has 0 atom stereocenters. The van der Waals surface area contributed by atoms with Crippen LogP contribution in [0, 0.1) is 0 Å².